The van der Waals surface area contributed by atoms with Gasteiger partial charge in [0.2, 0.25) is 0 Å². The van der Waals surface area contributed by atoms with Gasteiger partial charge < -0.3 is 10.1 Å². The second-order valence-corrected chi connectivity index (χ2v) is 10.6. The maximum Gasteiger partial charge on any atom is 0.282 e. The van der Waals surface area contributed by atoms with Crippen molar-refractivity contribution in [1.29, 1.82) is 0 Å². The van der Waals surface area contributed by atoms with E-state index in [1.807, 2.05) is 13.0 Å². The summed E-state index contributed by atoms with van der Waals surface area (Å²) in [6, 6.07) is 15.7. The Morgan fingerprint density at radius 2 is 1.81 bits per heavy atom. The number of fused-ring (bicyclic) bond motifs is 1. The average molecular weight is 698 g/mol. The minimum Gasteiger partial charge on any atom is -0.481 e. The lowest BCUT2D eigenvalue weighted by Gasteiger charge is -2.12. The van der Waals surface area contributed by atoms with E-state index in [9.17, 15) is 9.59 Å². The van der Waals surface area contributed by atoms with Crippen LogP contribution in [0.15, 0.2) is 77.9 Å². The van der Waals surface area contributed by atoms with Crippen molar-refractivity contribution in [1.82, 2.24) is 9.66 Å². The van der Waals surface area contributed by atoms with Crippen LogP contribution in [0.3, 0.4) is 0 Å². The molecule has 0 unspecified atom stereocenters. The number of anilines is 1. The molecule has 3 aromatic carbocycles. The molecule has 0 radical (unpaired) electrons. The van der Waals surface area contributed by atoms with Gasteiger partial charge in [-0.3, -0.25) is 9.59 Å². The molecule has 0 aliphatic heterocycles. The molecule has 0 aliphatic carbocycles. The smallest absolute Gasteiger partial charge is 0.282 e. The van der Waals surface area contributed by atoms with Crippen molar-refractivity contribution < 1.29 is 9.53 Å². The number of halogens is 4. The number of nitrogens with zero attached hydrogens (tertiary/aromatic N) is 3. The SMILES string of the molecule is CCc1nc2ccc(Br)cc2c(=O)n1N=Cc1cc(Br)c(OCC(=O)Nc2ccc(Cl)cc2)c(Br)c1. The highest BCUT2D eigenvalue weighted by Crippen LogP contribution is 2.34. The first-order chi connectivity index (χ1) is 17.2. The number of hydrogen-bond donors (Lipinski definition) is 1. The molecule has 7 nitrogen and oxygen atoms in total. The van der Waals surface area contributed by atoms with Crippen molar-refractivity contribution in [3.05, 3.63) is 94.8 Å². The van der Waals surface area contributed by atoms with E-state index in [2.05, 4.69) is 63.2 Å². The summed E-state index contributed by atoms with van der Waals surface area (Å²) < 4.78 is 9.03. The number of hydrogen-bond acceptors (Lipinski definition) is 5. The van der Waals surface area contributed by atoms with Crippen LogP contribution in [0.5, 0.6) is 5.75 Å². The van der Waals surface area contributed by atoms with E-state index in [0.29, 0.717) is 54.1 Å². The zero-order chi connectivity index (χ0) is 25.8. The Morgan fingerprint density at radius 1 is 1.11 bits per heavy atom. The fourth-order valence-corrected chi connectivity index (χ4v) is 5.26. The van der Waals surface area contributed by atoms with Gasteiger partial charge in [0.25, 0.3) is 11.5 Å². The third-order valence-electron chi connectivity index (χ3n) is 5.01. The maximum atomic E-state index is 13.1. The van der Waals surface area contributed by atoms with Gasteiger partial charge >= 0.3 is 0 Å². The average Bonchev–Trinajstić information content (AvgIpc) is 2.84. The molecule has 0 spiro atoms. The molecule has 4 aromatic rings. The Balaban J connectivity index is 1.52. The summed E-state index contributed by atoms with van der Waals surface area (Å²) in [6.07, 6.45) is 2.11. The van der Waals surface area contributed by atoms with Crippen LogP contribution < -0.4 is 15.6 Å². The van der Waals surface area contributed by atoms with Crippen LogP contribution in [0.25, 0.3) is 10.9 Å². The van der Waals surface area contributed by atoms with Gasteiger partial charge in [-0.25, -0.2) is 4.98 Å². The van der Waals surface area contributed by atoms with Gasteiger partial charge in [0, 0.05) is 21.6 Å². The first-order valence-electron chi connectivity index (χ1n) is 10.7. The molecule has 1 amide bonds. The summed E-state index contributed by atoms with van der Waals surface area (Å²) >= 11 is 16.2. The largest absolute Gasteiger partial charge is 0.481 e. The van der Waals surface area contributed by atoms with Crippen LogP contribution in [0.4, 0.5) is 5.69 Å². The normalized spacial score (nSPS) is 11.2. The summed E-state index contributed by atoms with van der Waals surface area (Å²) in [6.45, 7) is 1.72. The molecule has 0 atom stereocenters. The van der Waals surface area contributed by atoms with Gasteiger partial charge in [0.05, 0.1) is 26.1 Å². The molecule has 11 heteroatoms. The molecule has 0 saturated carbocycles. The molecule has 184 valence electrons. The van der Waals surface area contributed by atoms with Crippen molar-refractivity contribution >= 4 is 88.1 Å². The molecule has 1 heterocycles. The number of carbonyl (C=O) groups is 1. The molecule has 4 rings (SSSR count). The van der Waals surface area contributed by atoms with Crippen molar-refractivity contribution in [3.63, 3.8) is 0 Å². The van der Waals surface area contributed by atoms with Gasteiger partial charge in [0.15, 0.2) is 6.61 Å². The summed E-state index contributed by atoms with van der Waals surface area (Å²) in [4.78, 5) is 29.9. The number of carbonyl (C=O) groups excluding carboxylic acids is 1. The topological polar surface area (TPSA) is 85.6 Å². The van der Waals surface area contributed by atoms with Crippen molar-refractivity contribution in [2.24, 2.45) is 5.10 Å². The number of amides is 1. The van der Waals surface area contributed by atoms with E-state index in [4.69, 9.17) is 16.3 Å². The van der Waals surface area contributed by atoms with Crippen molar-refractivity contribution in [3.8, 4) is 5.75 Å². The highest BCUT2D eigenvalue weighted by Gasteiger charge is 2.13. The number of benzene rings is 3. The van der Waals surface area contributed by atoms with E-state index in [0.717, 1.165) is 4.47 Å². The van der Waals surface area contributed by atoms with Crippen molar-refractivity contribution in [2.45, 2.75) is 13.3 Å². The first-order valence-corrected chi connectivity index (χ1v) is 13.4. The van der Waals surface area contributed by atoms with Gasteiger partial charge in [-0.1, -0.05) is 34.5 Å². The Labute approximate surface area is 236 Å². The Hall–Kier alpha value is -2.53. The standard InChI is InChI=1S/C25H18Br3ClN4O3/c1-2-22-32-21-8-3-15(26)11-18(21)25(35)33(22)30-12-14-9-19(27)24(20(28)10-14)36-13-23(34)31-17-6-4-16(29)5-7-17/h3-12H,2,13H2,1H3,(H,31,34). The third kappa shape index (κ3) is 6.23. The molecule has 36 heavy (non-hydrogen) atoms. The van der Waals surface area contributed by atoms with Gasteiger partial charge in [-0.2, -0.15) is 9.78 Å². The Morgan fingerprint density at radius 3 is 2.47 bits per heavy atom. The van der Waals surface area contributed by atoms with E-state index < -0.39 is 0 Å². The lowest BCUT2D eigenvalue weighted by Crippen LogP contribution is -2.22. The van der Waals surface area contributed by atoms with E-state index in [1.165, 1.54) is 4.68 Å². The lowest BCUT2D eigenvalue weighted by molar-refractivity contribution is -0.118. The quantitative estimate of drug-likeness (QED) is 0.216. The number of nitrogens with one attached hydrogen (secondary N) is 1. The molecule has 1 aromatic heterocycles. The second kappa shape index (κ2) is 11.7. The zero-order valence-electron chi connectivity index (χ0n) is 18.8. The molecular formula is C25H18Br3ClN4O3. The third-order valence-corrected chi connectivity index (χ3v) is 6.93. The minimum absolute atomic E-state index is 0.194. The van der Waals surface area contributed by atoms with Gasteiger partial charge in [0.1, 0.15) is 11.6 Å². The molecule has 0 fully saturated rings. The summed E-state index contributed by atoms with van der Waals surface area (Å²) in [5.74, 6) is 0.696. The van der Waals surface area contributed by atoms with Crippen LogP contribution >= 0.6 is 59.4 Å². The molecule has 0 bridgehead atoms. The van der Waals surface area contributed by atoms with E-state index in [1.54, 1.807) is 54.7 Å². The summed E-state index contributed by atoms with van der Waals surface area (Å²) in [7, 11) is 0. The monoisotopic (exact) mass is 694 g/mol. The molecule has 0 aliphatic rings. The Bertz CT molecular complexity index is 1520. The Kier molecular flexibility index (Phi) is 8.61. The predicted octanol–water partition coefficient (Wildman–Crippen LogP) is 6.80. The van der Waals surface area contributed by atoms with Crippen LogP contribution in [0.2, 0.25) is 5.02 Å². The van der Waals surface area contributed by atoms with Crippen LogP contribution in [0.1, 0.15) is 18.3 Å². The van der Waals surface area contributed by atoms with Crippen molar-refractivity contribution in [2.75, 3.05) is 11.9 Å². The van der Waals surface area contributed by atoms with Gasteiger partial charge in [-0.15, -0.1) is 0 Å². The molecular weight excluding hydrogens is 679 g/mol. The summed E-state index contributed by atoms with van der Waals surface area (Å²) in [5, 5.41) is 8.21. The van der Waals surface area contributed by atoms with Gasteiger partial charge in [-0.05, 0) is 92.0 Å². The fourth-order valence-electron chi connectivity index (χ4n) is 3.33. The zero-order valence-corrected chi connectivity index (χ0v) is 24.3. The molecule has 0 saturated heterocycles. The number of aromatic nitrogens is 2. The second-order valence-electron chi connectivity index (χ2n) is 7.56. The highest BCUT2D eigenvalue weighted by molar-refractivity contribution is 9.11. The number of ether oxygens (including phenoxy) is 1. The first kappa shape index (κ1) is 26.5. The fraction of sp³-hybridized carbons (Fsp3) is 0.120. The maximum absolute atomic E-state index is 13.1. The summed E-state index contributed by atoms with van der Waals surface area (Å²) in [5.41, 5.74) is 1.70. The minimum atomic E-state index is -0.316. The van der Waals surface area contributed by atoms with E-state index in [-0.39, 0.29) is 18.1 Å². The highest BCUT2D eigenvalue weighted by atomic mass is 79.9. The van der Waals surface area contributed by atoms with Crippen LogP contribution in [-0.2, 0) is 11.2 Å². The lowest BCUT2D eigenvalue weighted by atomic mass is 10.2. The number of aryl methyl sites for hydroxylation is 1. The predicted molar refractivity (Wildman–Crippen MR) is 153 cm³/mol. The van der Waals surface area contributed by atoms with Crippen LogP contribution in [0, 0.1) is 0 Å². The van der Waals surface area contributed by atoms with Crippen LogP contribution in [-0.4, -0.2) is 28.4 Å². The molecule has 1 N–H and O–H groups in total. The van der Waals surface area contributed by atoms with E-state index >= 15 is 0 Å². The number of rotatable bonds is 7.